The lowest BCUT2D eigenvalue weighted by molar-refractivity contribution is -0.140. The van der Waals surface area contributed by atoms with Gasteiger partial charge in [0.25, 0.3) is 5.56 Å². The van der Waals surface area contributed by atoms with Crippen molar-refractivity contribution in [3.63, 3.8) is 0 Å². The number of benzene rings is 1. The van der Waals surface area contributed by atoms with Crippen molar-refractivity contribution in [1.29, 1.82) is 0 Å². The van der Waals surface area contributed by atoms with Gasteiger partial charge in [0.05, 0.1) is 21.6 Å². The molecule has 10 heteroatoms. The maximum absolute atomic E-state index is 14.4. The van der Waals surface area contributed by atoms with E-state index in [1.165, 1.54) is 17.6 Å². The molecular weight excluding hydrogens is 444 g/mol. The van der Waals surface area contributed by atoms with Crippen molar-refractivity contribution >= 4 is 32.7 Å². The average Bonchev–Trinajstić information content (AvgIpc) is 2.60. The number of nitrogens with zero attached hydrogens (tertiary/aromatic N) is 3. The van der Waals surface area contributed by atoms with E-state index >= 15 is 0 Å². The molecule has 0 saturated carbocycles. The first-order chi connectivity index (χ1) is 13.0. The van der Waals surface area contributed by atoms with Gasteiger partial charge < -0.3 is 9.88 Å². The molecule has 0 aliphatic rings. The molecule has 1 aromatic carbocycles. The number of nitrogens with one attached hydrogen (secondary N) is 1. The summed E-state index contributed by atoms with van der Waals surface area (Å²) in [6.45, 7) is 3.10. The van der Waals surface area contributed by atoms with Crippen molar-refractivity contribution in [2.75, 3.05) is 5.32 Å². The van der Waals surface area contributed by atoms with Crippen LogP contribution in [0.3, 0.4) is 0 Å². The van der Waals surface area contributed by atoms with Crippen LogP contribution in [-0.4, -0.2) is 14.5 Å². The standard InChI is InChI=1S/C18H15BrF4N4O/c1-8(10-5-4-6-12(14(10)20)18(21,22)23)24-16-11-7-13(19)27(3)17(28)15(11)25-9(2)26-16/h4-8H,1-3H3,(H,24,25,26)/t8-/m1/s1. The number of fused-ring (bicyclic) bond motifs is 1. The first-order valence-electron chi connectivity index (χ1n) is 8.16. The van der Waals surface area contributed by atoms with Crippen LogP contribution in [0.25, 0.3) is 10.9 Å². The van der Waals surface area contributed by atoms with Crippen molar-refractivity contribution in [1.82, 2.24) is 14.5 Å². The number of rotatable bonds is 3. The minimum atomic E-state index is -4.80. The summed E-state index contributed by atoms with van der Waals surface area (Å²) in [7, 11) is 1.57. The molecule has 0 fully saturated rings. The summed E-state index contributed by atoms with van der Waals surface area (Å²) < 4.78 is 55.2. The lowest BCUT2D eigenvalue weighted by atomic mass is 10.0. The molecule has 3 rings (SSSR count). The van der Waals surface area contributed by atoms with Gasteiger partial charge in [-0.05, 0) is 41.9 Å². The van der Waals surface area contributed by atoms with E-state index in [0.29, 0.717) is 21.9 Å². The second-order valence-electron chi connectivity index (χ2n) is 6.29. The summed E-state index contributed by atoms with van der Waals surface area (Å²) in [5.74, 6) is -0.821. The van der Waals surface area contributed by atoms with Crippen molar-refractivity contribution in [2.45, 2.75) is 26.1 Å². The second-order valence-corrected chi connectivity index (χ2v) is 7.10. The Labute approximate surface area is 165 Å². The van der Waals surface area contributed by atoms with Crippen molar-refractivity contribution in [3.8, 4) is 0 Å². The highest BCUT2D eigenvalue weighted by molar-refractivity contribution is 9.10. The van der Waals surface area contributed by atoms with Crippen molar-refractivity contribution in [2.24, 2.45) is 7.05 Å². The number of hydrogen-bond acceptors (Lipinski definition) is 4. The third-order valence-corrected chi connectivity index (χ3v) is 5.06. The zero-order valence-corrected chi connectivity index (χ0v) is 16.6. The van der Waals surface area contributed by atoms with E-state index < -0.39 is 23.6 Å². The van der Waals surface area contributed by atoms with Gasteiger partial charge in [-0.1, -0.05) is 12.1 Å². The molecule has 0 amide bonds. The first kappa shape index (κ1) is 20.2. The number of anilines is 1. The quantitative estimate of drug-likeness (QED) is 0.455. The molecule has 0 unspecified atom stereocenters. The molecular formula is C18H15BrF4N4O. The summed E-state index contributed by atoms with van der Waals surface area (Å²) in [5, 5.41) is 3.28. The summed E-state index contributed by atoms with van der Waals surface area (Å²) >= 11 is 3.27. The number of hydrogen-bond donors (Lipinski definition) is 1. The van der Waals surface area contributed by atoms with E-state index in [9.17, 15) is 22.4 Å². The smallest absolute Gasteiger partial charge is 0.363 e. The Balaban J connectivity index is 2.10. The van der Waals surface area contributed by atoms with Crippen LogP contribution >= 0.6 is 15.9 Å². The lowest BCUT2D eigenvalue weighted by Crippen LogP contribution is -2.20. The number of aromatic nitrogens is 3. The molecule has 28 heavy (non-hydrogen) atoms. The van der Waals surface area contributed by atoms with Crippen LogP contribution in [0.4, 0.5) is 23.4 Å². The average molecular weight is 459 g/mol. The fourth-order valence-electron chi connectivity index (χ4n) is 2.85. The highest BCUT2D eigenvalue weighted by Gasteiger charge is 2.35. The molecule has 3 aromatic rings. The molecule has 2 heterocycles. The lowest BCUT2D eigenvalue weighted by Gasteiger charge is -2.19. The molecule has 5 nitrogen and oxygen atoms in total. The number of alkyl halides is 3. The van der Waals surface area contributed by atoms with E-state index in [0.717, 1.165) is 6.07 Å². The minimum absolute atomic E-state index is 0.150. The molecule has 0 saturated heterocycles. The van der Waals surface area contributed by atoms with Gasteiger partial charge in [-0.15, -0.1) is 0 Å². The highest BCUT2D eigenvalue weighted by atomic mass is 79.9. The molecule has 0 bridgehead atoms. The maximum atomic E-state index is 14.4. The Bertz CT molecular complexity index is 1130. The van der Waals surface area contributed by atoms with E-state index in [2.05, 4.69) is 31.2 Å². The number of aryl methyl sites for hydroxylation is 1. The van der Waals surface area contributed by atoms with Crippen LogP contribution < -0.4 is 10.9 Å². The Morgan fingerprint density at radius 1 is 1.25 bits per heavy atom. The normalized spacial score (nSPS) is 13.0. The monoisotopic (exact) mass is 458 g/mol. The summed E-state index contributed by atoms with van der Waals surface area (Å²) in [5.41, 5.74) is -1.71. The zero-order chi connectivity index (χ0) is 20.8. The molecule has 2 aromatic heterocycles. The predicted molar refractivity (Wildman–Crippen MR) is 101 cm³/mol. The van der Waals surface area contributed by atoms with Gasteiger partial charge >= 0.3 is 6.18 Å². The molecule has 1 N–H and O–H groups in total. The first-order valence-corrected chi connectivity index (χ1v) is 8.96. The number of pyridine rings is 1. The van der Waals surface area contributed by atoms with E-state index in [1.807, 2.05) is 0 Å². The predicted octanol–water partition coefficient (Wildman–Crippen LogP) is 4.73. The third kappa shape index (κ3) is 3.60. The Morgan fingerprint density at radius 3 is 2.57 bits per heavy atom. The van der Waals surface area contributed by atoms with Crippen LogP contribution in [0.2, 0.25) is 0 Å². The van der Waals surface area contributed by atoms with Crippen LogP contribution in [-0.2, 0) is 13.2 Å². The maximum Gasteiger partial charge on any atom is 0.419 e. The van der Waals surface area contributed by atoms with Crippen molar-refractivity contribution < 1.29 is 17.6 Å². The van der Waals surface area contributed by atoms with E-state index in [1.54, 1.807) is 20.0 Å². The summed E-state index contributed by atoms with van der Waals surface area (Å²) in [4.78, 5) is 20.8. The zero-order valence-electron chi connectivity index (χ0n) is 15.0. The fourth-order valence-corrected chi connectivity index (χ4v) is 3.24. The van der Waals surface area contributed by atoms with Gasteiger partial charge in [0.1, 0.15) is 23.0 Å². The molecule has 0 spiro atoms. The van der Waals surface area contributed by atoms with Gasteiger partial charge in [0.15, 0.2) is 0 Å². The van der Waals surface area contributed by atoms with Crippen molar-refractivity contribution in [3.05, 3.63) is 62.0 Å². The van der Waals surface area contributed by atoms with Crippen LogP contribution in [0.5, 0.6) is 0 Å². The molecule has 148 valence electrons. The number of halogens is 5. The fraction of sp³-hybridized carbons (Fsp3) is 0.278. The third-order valence-electron chi connectivity index (χ3n) is 4.30. The topological polar surface area (TPSA) is 59.8 Å². The Kier molecular flexibility index (Phi) is 5.18. The van der Waals surface area contributed by atoms with Crippen LogP contribution in [0, 0.1) is 12.7 Å². The second kappa shape index (κ2) is 7.16. The Morgan fingerprint density at radius 2 is 1.93 bits per heavy atom. The van der Waals surface area contributed by atoms with Gasteiger partial charge in [0, 0.05) is 12.6 Å². The van der Waals surface area contributed by atoms with Gasteiger partial charge in [-0.3, -0.25) is 4.79 Å². The Hall–Kier alpha value is -2.49. The van der Waals surface area contributed by atoms with Gasteiger partial charge in [-0.2, -0.15) is 13.2 Å². The molecule has 0 radical (unpaired) electrons. The van der Waals surface area contributed by atoms with Gasteiger partial charge in [0.2, 0.25) is 0 Å². The minimum Gasteiger partial charge on any atom is -0.363 e. The van der Waals surface area contributed by atoms with Gasteiger partial charge in [-0.25, -0.2) is 14.4 Å². The van der Waals surface area contributed by atoms with E-state index in [4.69, 9.17) is 0 Å². The van der Waals surface area contributed by atoms with Crippen LogP contribution in [0.15, 0.2) is 33.7 Å². The highest BCUT2D eigenvalue weighted by Crippen LogP contribution is 2.35. The largest absolute Gasteiger partial charge is 0.419 e. The van der Waals surface area contributed by atoms with E-state index in [-0.39, 0.29) is 22.5 Å². The molecule has 0 aliphatic heterocycles. The molecule has 1 atom stereocenters. The van der Waals surface area contributed by atoms with Crippen LogP contribution in [0.1, 0.15) is 29.9 Å². The SMILES string of the molecule is Cc1nc(N[C@H](C)c2cccc(C(F)(F)F)c2F)c2cc(Br)n(C)c(=O)c2n1. The summed E-state index contributed by atoms with van der Waals surface area (Å²) in [6, 6.07) is 3.88. The molecule has 0 aliphatic carbocycles. The summed E-state index contributed by atoms with van der Waals surface area (Å²) in [6.07, 6.45) is -4.80.